The van der Waals surface area contributed by atoms with Crippen molar-refractivity contribution in [1.29, 1.82) is 0 Å². The molecular formula is C22H27N3O3. The predicted molar refractivity (Wildman–Crippen MR) is 110 cm³/mol. The van der Waals surface area contributed by atoms with Gasteiger partial charge in [0.05, 0.1) is 11.5 Å². The van der Waals surface area contributed by atoms with Gasteiger partial charge in [-0.15, -0.1) is 0 Å². The number of carbonyl (C=O) groups excluding carboxylic acids is 1. The lowest BCUT2D eigenvalue weighted by molar-refractivity contribution is -0.384. The van der Waals surface area contributed by atoms with Gasteiger partial charge >= 0.3 is 0 Å². The number of likely N-dealkylation sites (tertiary alicyclic amines) is 1. The average Bonchev–Trinajstić information content (AvgIpc) is 2.72. The Bertz CT molecular complexity index is 797. The highest BCUT2D eigenvalue weighted by molar-refractivity contribution is 5.97. The molecule has 0 amide bonds. The predicted octanol–water partition coefficient (Wildman–Crippen LogP) is 3.90. The molecule has 3 rings (SSSR count). The van der Waals surface area contributed by atoms with E-state index in [9.17, 15) is 14.9 Å². The third-order valence-electron chi connectivity index (χ3n) is 5.32. The van der Waals surface area contributed by atoms with E-state index < -0.39 is 4.92 Å². The molecular weight excluding hydrogens is 354 g/mol. The van der Waals surface area contributed by atoms with Crippen LogP contribution in [0.5, 0.6) is 0 Å². The number of hydrogen-bond acceptors (Lipinski definition) is 5. The van der Waals surface area contributed by atoms with Crippen LogP contribution < -0.4 is 5.32 Å². The molecule has 0 aliphatic carbocycles. The molecule has 0 bridgehead atoms. The second-order valence-corrected chi connectivity index (χ2v) is 7.38. The maximum absolute atomic E-state index is 12.4. The summed E-state index contributed by atoms with van der Waals surface area (Å²) >= 11 is 0. The smallest absolute Gasteiger partial charge is 0.269 e. The number of nitro groups is 1. The number of benzene rings is 2. The minimum absolute atomic E-state index is 0.00552. The lowest BCUT2D eigenvalue weighted by atomic mass is 10.0. The van der Waals surface area contributed by atoms with Gasteiger partial charge in [-0.2, -0.15) is 0 Å². The summed E-state index contributed by atoms with van der Waals surface area (Å²) in [5.74, 6) is -0.0591. The van der Waals surface area contributed by atoms with Crippen molar-refractivity contribution in [3.8, 4) is 0 Å². The van der Waals surface area contributed by atoms with Crippen molar-refractivity contribution in [3.63, 3.8) is 0 Å². The number of hydrogen-bond donors (Lipinski definition) is 1. The van der Waals surface area contributed by atoms with Crippen molar-refractivity contribution >= 4 is 11.5 Å². The highest BCUT2D eigenvalue weighted by Gasteiger charge is 2.22. The second-order valence-electron chi connectivity index (χ2n) is 7.38. The summed E-state index contributed by atoms with van der Waals surface area (Å²) in [6.07, 6.45) is 3.71. The van der Waals surface area contributed by atoms with Crippen molar-refractivity contribution in [3.05, 3.63) is 75.3 Å². The largest absolute Gasteiger partial charge is 0.308 e. The minimum Gasteiger partial charge on any atom is -0.308 e. The number of non-ortho nitro benzene ring substituents is 1. The van der Waals surface area contributed by atoms with E-state index in [4.69, 9.17) is 0 Å². The Hall–Kier alpha value is -2.57. The van der Waals surface area contributed by atoms with Crippen LogP contribution in [0.2, 0.25) is 0 Å². The summed E-state index contributed by atoms with van der Waals surface area (Å²) < 4.78 is 0. The summed E-state index contributed by atoms with van der Waals surface area (Å²) in [6, 6.07) is 14.6. The van der Waals surface area contributed by atoms with Crippen molar-refractivity contribution in [1.82, 2.24) is 10.2 Å². The molecule has 2 aromatic carbocycles. The van der Waals surface area contributed by atoms with Crippen LogP contribution in [0.25, 0.3) is 0 Å². The first kappa shape index (κ1) is 20.2. The number of Topliss-reactive ketones (excluding diaryl/α,β-unsaturated/α-hetero) is 1. The number of aryl methyl sites for hydroxylation is 1. The van der Waals surface area contributed by atoms with Gasteiger partial charge in [-0.25, -0.2) is 0 Å². The molecule has 6 heteroatoms. The van der Waals surface area contributed by atoms with Gasteiger partial charge in [0.15, 0.2) is 5.78 Å². The van der Waals surface area contributed by atoms with Crippen LogP contribution in [0.3, 0.4) is 0 Å². The Kier molecular flexibility index (Phi) is 6.90. The van der Waals surface area contributed by atoms with Crippen LogP contribution in [0.4, 0.5) is 5.69 Å². The van der Waals surface area contributed by atoms with E-state index >= 15 is 0 Å². The van der Waals surface area contributed by atoms with Crippen LogP contribution in [-0.2, 0) is 0 Å². The number of nitrogens with zero attached hydrogens (tertiary/aromatic N) is 2. The maximum Gasteiger partial charge on any atom is 0.269 e. The Labute approximate surface area is 165 Å². The molecule has 2 aromatic rings. The molecule has 1 saturated heterocycles. The third-order valence-corrected chi connectivity index (χ3v) is 5.32. The van der Waals surface area contributed by atoms with Gasteiger partial charge in [-0.3, -0.25) is 19.8 Å². The number of piperidine rings is 1. The molecule has 1 aliphatic heterocycles. The van der Waals surface area contributed by atoms with Crippen LogP contribution in [0.1, 0.15) is 46.8 Å². The summed E-state index contributed by atoms with van der Waals surface area (Å²) in [5, 5.41) is 14.0. The molecule has 28 heavy (non-hydrogen) atoms. The van der Waals surface area contributed by atoms with Crippen LogP contribution in [-0.4, -0.2) is 41.8 Å². The number of nitrogens with one attached hydrogen (secondary N) is 1. The van der Waals surface area contributed by atoms with E-state index in [1.165, 1.54) is 54.7 Å². The first-order valence-electron chi connectivity index (χ1n) is 9.83. The van der Waals surface area contributed by atoms with E-state index in [1.54, 1.807) is 0 Å². The third kappa shape index (κ3) is 5.24. The van der Waals surface area contributed by atoms with E-state index in [1.807, 2.05) is 0 Å². The zero-order valence-electron chi connectivity index (χ0n) is 16.3. The fraction of sp³-hybridized carbons (Fsp3) is 0.409. The van der Waals surface area contributed by atoms with E-state index in [2.05, 4.69) is 41.4 Å². The second kappa shape index (κ2) is 9.57. The monoisotopic (exact) mass is 381 g/mol. The number of rotatable bonds is 8. The van der Waals surface area contributed by atoms with Crippen molar-refractivity contribution in [2.75, 3.05) is 26.2 Å². The fourth-order valence-electron chi connectivity index (χ4n) is 3.67. The molecule has 1 unspecified atom stereocenters. The van der Waals surface area contributed by atoms with Crippen LogP contribution >= 0.6 is 0 Å². The van der Waals surface area contributed by atoms with Gasteiger partial charge in [0.1, 0.15) is 0 Å². The molecule has 1 fully saturated rings. The van der Waals surface area contributed by atoms with Crippen LogP contribution in [0.15, 0.2) is 48.5 Å². The molecule has 0 radical (unpaired) electrons. The van der Waals surface area contributed by atoms with Crippen LogP contribution in [0, 0.1) is 17.0 Å². The Balaban J connectivity index is 1.61. The minimum atomic E-state index is -0.461. The van der Waals surface area contributed by atoms with Gasteiger partial charge in [0.25, 0.3) is 5.69 Å². The van der Waals surface area contributed by atoms with Gasteiger partial charge in [-0.05, 0) is 50.6 Å². The van der Waals surface area contributed by atoms with Gasteiger partial charge in [0.2, 0.25) is 0 Å². The van der Waals surface area contributed by atoms with Crippen molar-refractivity contribution in [2.24, 2.45) is 0 Å². The van der Waals surface area contributed by atoms with Gasteiger partial charge in [0, 0.05) is 30.3 Å². The average molecular weight is 381 g/mol. The summed E-state index contributed by atoms with van der Waals surface area (Å²) in [5.41, 5.74) is 2.99. The molecule has 0 spiro atoms. The summed E-state index contributed by atoms with van der Waals surface area (Å²) in [7, 11) is 0. The Morgan fingerprint density at radius 2 is 1.71 bits per heavy atom. The standard InChI is InChI=1S/C22H27N3O3/c1-17-5-7-18(8-6-17)21(24-13-3-2-4-14-24)15-23-16-22(26)19-9-11-20(12-10-19)25(27)28/h5-12,21,23H,2-4,13-16H2,1H3. The molecule has 1 aliphatic rings. The number of ketones is 1. The molecule has 1 atom stereocenters. The zero-order valence-corrected chi connectivity index (χ0v) is 16.3. The molecule has 1 N–H and O–H groups in total. The summed E-state index contributed by atoms with van der Waals surface area (Å²) in [6.45, 7) is 5.16. The zero-order chi connectivity index (χ0) is 19.9. The molecule has 1 heterocycles. The number of nitro benzene ring substituents is 1. The van der Waals surface area contributed by atoms with E-state index in [0.29, 0.717) is 12.1 Å². The topological polar surface area (TPSA) is 75.5 Å². The Morgan fingerprint density at radius 3 is 2.32 bits per heavy atom. The number of carbonyl (C=O) groups is 1. The van der Waals surface area contributed by atoms with Gasteiger partial charge < -0.3 is 5.32 Å². The maximum atomic E-state index is 12.4. The fourth-order valence-corrected chi connectivity index (χ4v) is 3.67. The first-order chi connectivity index (χ1) is 13.5. The molecule has 0 saturated carbocycles. The highest BCUT2D eigenvalue weighted by atomic mass is 16.6. The van der Waals surface area contributed by atoms with Crippen molar-refractivity contribution < 1.29 is 9.72 Å². The van der Waals surface area contributed by atoms with E-state index in [0.717, 1.165) is 13.1 Å². The quantitative estimate of drug-likeness (QED) is 0.426. The molecule has 0 aromatic heterocycles. The lowest BCUT2D eigenvalue weighted by Crippen LogP contribution is -2.40. The molecule has 6 nitrogen and oxygen atoms in total. The Morgan fingerprint density at radius 1 is 1.07 bits per heavy atom. The van der Waals surface area contributed by atoms with Crippen molar-refractivity contribution in [2.45, 2.75) is 32.2 Å². The summed E-state index contributed by atoms with van der Waals surface area (Å²) in [4.78, 5) is 25.2. The normalized spacial score (nSPS) is 15.9. The molecule has 148 valence electrons. The van der Waals surface area contributed by atoms with E-state index in [-0.39, 0.29) is 24.1 Å². The van der Waals surface area contributed by atoms with Gasteiger partial charge in [-0.1, -0.05) is 36.2 Å². The lowest BCUT2D eigenvalue weighted by Gasteiger charge is -2.35. The first-order valence-corrected chi connectivity index (χ1v) is 9.83. The highest BCUT2D eigenvalue weighted by Crippen LogP contribution is 2.24. The SMILES string of the molecule is Cc1ccc(C(CNCC(=O)c2ccc([N+](=O)[O-])cc2)N2CCCCC2)cc1.